The maximum absolute atomic E-state index is 10.7. The standard InChI is InChI=1S/C14H16N2O2S/c1-9-4-5-10(2)12(6-9)16-13(7-11(3)15-16)19-8-14(17)18/h4-7H,8H2,1-3H3,(H,17,18). The van der Waals surface area contributed by atoms with Gasteiger partial charge in [0.2, 0.25) is 0 Å². The van der Waals surface area contributed by atoms with Gasteiger partial charge in [0.05, 0.1) is 17.1 Å². The van der Waals surface area contributed by atoms with Crippen LogP contribution < -0.4 is 0 Å². The van der Waals surface area contributed by atoms with Crippen molar-refractivity contribution in [3.05, 3.63) is 41.1 Å². The van der Waals surface area contributed by atoms with Crippen LogP contribution in [0.15, 0.2) is 29.3 Å². The lowest BCUT2D eigenvalue weighted by Gasteiger charge is -2.10. The summed E-state index contributed by atoms with van der Waals surface area (Å²) in [6.45, 7) is 5.97. The number of carboxylic acids is 1. The van der Waals surface area contributed by atoms with Gasteiger partial charge in [-0.2, -0.15) is 5.10 Å². The molecule has 0 saturated heterocycles. The van der Waals surface area contributed by atoms with Crippen LogP contribution in [0, 0.1) is 20.8 Å². The van der Waals surface area contributed by atoms with E-state index in [4.69, 9.17) is 5.11 Å². The lowest BCUT2D eigenvalue weighted by Crippen LogP contribution is -2.04. The molecular formula is C14H16N2O2S. The molecule has 1 aromatic heterocycles. The minimum Gasteiger partial charge on any atom is -0.481 e. The van der Waals surface area contributed by atoms with Crippen LogP contribution >= 0.6 is 11.8 Å². The van der Waals surface area contributed by atoms with Crippen LogP contribution in [0.5, 0.6) is 0 Å². The largest absolute Gasteiger partial charge is 0.481 e. The Labute approximate surface area is 116 Å². The molecule has 0 aliphatic carbocycles. The highest BCUT2D eigenvalue weighted by Crippen LogP contribution is 2.25. The lowest BCUT2D eigenvalue weighted by atomic mass is 10.1. The molecule has 19 heavy (non-hydrogen) atoms. The molecule has 0 unspecified atom stereocenters. The van der Waals surface area contributed by atoms with E-state index >= 15 is 0 Å². The van der Waals surface area contributed by atoms with Gasteiger partial charge in [-0.3, -0.25) is 4.79 Å². The molecule has 0 radical (unpaired) electrons. The van der Waals surface area contributed by atoms with E-state index in [-0.39, 0.29) is 5.75 Å². The molecule has 0 bridgehead atoms. The molecule has 0 fully saturated rings. The zero-order chi connectivity index (χ0) is 14.0. The summed E-state index contributed by atoms with van der Waals surface area (Å²) in [6, 6.07) is 8.08. The highest BCUT2D eigenvalue weighted by molar-refractivity contribution is 7.99. The molecule has 1 aromatic carbocycles. The first kappa shape index (κ1) is 13.7. The van der Waals surface area contributed by atoms with Gasteiger partial charge in [-0.15, -0.1) is 0 Å². The zero-order valence-electron chi connectivity index (χ0n) is 11.2. The number of benzene rings is 1. The number of hydrogen-bond acceptors (Lipinski definition) is 3. The van der Waals surface area contributed by atoms with E-state index in [0.29, 0.717) is 0 Å². The Morgan fingerprint density at radius 3 is 2.74 bits per heavy atom. The van der Waals surface area contributed by atoms with Crippen molar-refractivity contribution in [1.29, 1.82) is 0 Å². The summed E-state index contributed by atoms with van der Waals surface area (Å²) in [5, 5.41) is 14.1. The van der Waals surface area contributed by atoms with E-state index in [1.807, 2.05) is 37.6 Å². The van der Waals surface area contributed by atoms with Crippen LogP contribution in [0.2, 0.25) is 0 Å². The first-order valence-electron chi connectivity index (χ1n) is 5.96. The molecule has 2 rings (SSSR count). The number of hydrogen-bond donors (Lipinski definition) is 1. The number of aryl methyl sites for hydroxylation is 3. The molecule has 100 valence electrons. The Balaban J connectivity index is 2.43. The molecule has 5 heteroatoms. The molecule has 0 aliphatic heterocycles. The molecule has 1 heterocycles. The van der Waals surface area contributed by atoms with Gasteiger partial charge in [-0.25, -0.2) is 4.68 Å². The smallest absolute Gasteiger partial charge is 0.313 e. The van der Waals surface area contributed by atoms with Gasteiger partial charge >= 0.3 is 5.97 Å². The van der Waals surface area contributed by atoms with Gasteiger partial charge in [-0.1, -0.05) is 23.9 Å². The molecule has 4 nitrogen and oxygen atoms in total. The van der Waals surface area contributed by atoms with Crippen LogP contribution in [-0.4, -0.2) is 26.6 Å². The highest BCUT2D eigenvalue weighted by atomic mass is 32.2. The first-order valence-corrected chi connectivity index (χ1v) is 6.95. The van der Waals surface area contributed by atoms with Gasteiger partial charge in [0.15, 0.2) is 0 Å². The average molecular weight is 276 g/mol. The van der Waals surface area contributed by atoms with Crippen LogP contribution in [-0.2, 0) is 4.79 Å². The van der Waals surface area contributed by atoms with E-state index in [0.717, 1.165) is 27.5 Å². The Morgan fingerprint density at radius 2 is 2.05 bits per heavy atom. The SMILES string of the molecule is Cc1ccc(C)c(-n2nc(C)cc2SCC(=O)O)c1. The molecule has 0 atom stereocenters. The summed E-state index contributed by atoms with van der Waals surface area (Å²) in [5.74, 6) is -0.785. The maximum atomic E-state index is 10.7. The van der Waals surface area contributed by atoms with Crippen molar-refractivity contribution in [3.63, 3.8) is 0 Å². The number of thioether (sulfide) groups is 1. The Morgan fingerprint density at radius 1 is 1.32 bits per heavy atom. The topological polar surface area (TPSA) is 55.1 Å². The molecule has 2 aromatic rings. The molecule has 0 aliphatic rings. The zero-order valence-corrected chi connectivity index (χ0v) is 12.0. The van der Waals surface area contributed by atoms with Crippen molar-refractivity contribution < 1.29 is 9.90 Å². The van der Waals surface area contributed by atoms with Crippen LogP contribution in [0.1, 0.15) is 16.8 Å². The van der Waals surface area contributed by atoms with E-state index in [1.165, 1.54) is 11.8 Å². The predicted octanol–water partition coefficient (Wildman–Crippen LogP) is 2.97. The van der Waals surface area contributed by atoms with E-state index < -0.39 is 5.97 Å². The van der Waals surface area contributed by atoms with Crippen LogP contribution in [0.4, 0.5) is 0 Å². The summed E-state index contributed by atoms with van der Waals surface area (Å²) in [5.41, 5.74) is 4.16. The minimum absolute atomic E-state index is 0.0377. The summed E-state index contributed by atoms with van der Waals surface area (Å²) in [4.78, 5) is 10.7. The van der Waals surface area contributed by atoms with Gasteiger partial charge in [0, 0.05) is 0 Å². The molecule has 0 spiro atoms. The monoisotopic (exact) mass is 276 g/mol. The molecule has 0 saturated carbocycles. The van der Waals surface area contributed by atoms with E-state index in [2.05, 4.69) is 17.2 Å². The first-order chi connectivity index (χ1) is 8.97. The normalized spacial score (nSPS) is 10.7. The van der Waals surface area contributed by atoms with Crippen molar-refractivity contribution in [3.8, 4) is 5.69 Å². The van der Waals surface area contributed by atoms with Crippen LogP contribution in [0.3, 0.4) is 0 Å². The molecule has 1 N–H and O–H groups in total. The second-order valence-corrected chi connectivity index (χ2v) is 5.50. The predicted molar refractivity (Wildman–Crippen MR) is 76.1 cm³/mol. The summed E-state index contributed by atoms with van der Waals surface area (Å²) in [7, 11) is 0. The highest BCUT2D eigenvalue weighted by Gasteiger charge is 2.11. The Kier molecular flexibility index (Phi) is 3.95. The van der Waals surface area contributed by atoms with Crippen molar-refractivity contribution in [1.82, 2.24) is 9.78 Å². The Bertz CT molecular complexity index is 620. The Hall–Kier alpha value is -1.75. The van der Waals surface area contributed by atoms with Gasteiger partial charge in [0.1, 0.15) is 5.03 Å². The van der Waals surface area contributed by atoms with Crippen molar-refractivity contribution in [2.24, 2.45) is 0 Å². The fourth-order valence-corrected chi connectivity index (χ4v) is 2.62. The van der Waals surface area contributed by atoms with Gasteiger partial charge < -0.3 is 5.11 Å². The summed E-state index contributed by atoms with van der Waals surface area (Å²) < 4.78 is 1.82. The van der Waals surface area contributed by atoms with Crippen molar-refractivity contribution in [2.45, 2.75) is 25.8 Å². The third-order valence-electron chi connectivity index (χ3n) is 2.74. The van der Waals surface area contributed by atoms with E-state index in [1.54, 1.807) is 0 Å². The second kappa shape index (κ2) is 5.48. The van der Waals surface area contributed by atoms with Gasteiger partial charge in [-0.05, 0) is 44.0 Å². The molecule has 0 amide bonds. The van der Waals surface area contributed by atoms with Crippen LogP contribution in [0.25, 0.3) is 5.69 Å². The second-order valence-electron chi connectivity index (χ2n) is 4.51. The lowest BCUT2D eigenvalue weighted by molar-refractivity contribution is -0.133. The quantitative estimate of drug-likeness (QED) is 0.872. The number of carbonyl (C=O) groups is 1. The fourth-order valence-electron chi connectivity index (χ4n) is 1.83. The summed E-state index contributed by atoms with van der Waals surface area (Å²) >= 11 is 1.29. The van der Waals surface area contributed by atoms with Crippen molar-refractivity contribution in [2.75, 3.05) is 5.75 Å². The fraction of sp³-hybridized carbons (Fsp3) is 0.286. The minimum atomic E-state index is -0.823. The average Bonchev–Trinajstić information content (AvgIpc) is 2.71. The number of rotatable bonds is 4. The number of nitrogens with zero attached hydrogens (tertiary/aromatic N) is 2. The van der Waals surface area contributed by atoms with E-state index in [9.17, 15) is 4.79 Å². The summed E-state index contributed by atoms with van der Waals surface area (Å²) in [6.07, 6.45) is 0. The van der Waals surface area contributed by atoms with Gasteiger partial charge in [0.25, 0.3) is 0 Å². The maximum Gasteiger partial charge on any atom is 0.313 e. The third kappa shape index (κ3) is 3.17. The number of carboxylic acid groups (broad SMARTS) is 1. The number of aliphatic carboxylic acids is 1. The molecular weight excluding hydrogens is 260 g/mol. The van der Waals surface area contributed by atoms with Crippen molar-refractivity contribution >= 4 is 17.7 Å². The number of aromatic nitrogens is 2. The third-order valence-corrected chi connectivity index (χ3v) is 3.71.